The van der Waals surface area contributed by atoms with Crippen molar-refractivity contribution in [3.8, 4) is 0 Å². The van der Waals surface area contributed by atoms with Crippen LogP contribution in [-0.4, -0.2) is 50.6 Å². The van der Waals surface area contributed by atoms with Gasteiger partial charge in [0.25, 0.3) is 0 Å². The molecule has 0 spiro atoms. The maximum Gasteiger partial charge on any atom is 0.425 e. The third-order valence-electron chi connectivity index (χ3n) is 5.33. The number of likely N-dealkylation sites (tertiary alicyclic amines) is 1. The van der Waals surface area contributed by atoms with Crippen LogP contribution in [0.25, 0.3) is 0 Å². The van der Waals surface area contributed by atoms with Gasteiger partial charge in [-0.3, -0.25) is 9.59 Å². The van der Waals surface area contributed by atoms with Gasteiger partial charge in [0.2, 0.25) is 17.4 Å². The quantitative estimate of drug-likeness (QED) is 0.772. The van der Waals surface area contributed by atoms with Crippen molar-refractivity contribution in [1.82, 2.24) is 14.5 Å². The van der Waals surface area contributed by atoms with E-state index in [0.717, 1.165) is 10.8 Å². The number of benzene rings is 1. The largest absolute Gasteiger partial charge is 0.425 e. The molecule has 2 amide bonds. The zero-order chi connectivity index (χ0) is 21.9. The summed E-state index contributed by atoms with van der Waals surface area (Å²) in [6.45, 7) is 0.278. The number of nitrogens with one attached hydrogen (secondary N) is 1. The fourth-order valence-electron chi connectivity index (χ4n) is 3.56. The maximum atomic E-state index is 13.6. The van der Waals surface area contributed by atoms with E-state index in [9.17, 15) is 27.9 Å². The van der Waals surface area contributed by atoms with Crippen LogP contribution in [0.4, 0.5) is 18.9 Å². The molecule has 1 saturated heterocycles. The number of hydrogen-bond donors (Lipinski definition) is 2. The molecule has 2 N–H and O–H groups in total. The second-order valence-electron chi connectivity index (χ2n) is 7.41. The van der Waals surface area contributed by atoms with Crippen molar-refractivity contribution < 1.29 is 27.9 Å². The van der Waals surface area contributed by atoms with Gasteiger partial charge < -0.3 is 19.9 Å². The first-order valence-corrected chi connectivity index (χ1v) is 9.52. The van der Waals surface area contributed by atoms with Gasteiger partial charge in [-0.1, -0.05) is 18.2 Å². The van der Waals surface area contributed by atoms with Crippen molar-refractivity contribution in [3.63, 3.8) is 0 Å². The van der Waals surface area contributed by atoms with E-state index < -0.39 is 29.9 Å². The molecule has 7 nitrogen and oxygen atoms in total. The Labute approximate surface area is 171 Å². The highest BCUT2D eigenvalue weighted by Gasteiger charge is 2.59. The molecule has 0 saturated carbocycles. The first-order valence-electron chi connectivity index (χ1n) is 9.52. The lowest BCUT2D eigenvalue weighted by Crippen LogP contribution is -2.50. The molecule has 10 heteroatoms. The minimum Gasteiger partial charge on any atom is -0.374 e. The topological polar surface area (TPSA) is 87.5 Å². The van der Waals surface area contributed by atoms with Crippen molar-refractivity contribution in [2.45, 2.75) is 31.0 Å². The number of piperidine rings is 1. The summed E-state index contributed by atoms with van der Waals surface area (Å²) in [6.07, 6.45) is -3.17. The monoisotopic (exact) mass is 424 g/mol. The number of aromatic nitrogens is 2. The number of aryl methyl sites for hydroxylation is 1. The molecule has 0 bridgehead atoms. The van der Waals surface area contributed by atoms with Crippen LogP contribution in [-0.2, 0) is 22.2 Å². The van der Waals surface area contributed by atoms with E-state index in [2.05, 4.69) is 10.3 Å². The number of aliphatic hydroxyl groups is 1. The van der Waals surface area contributed by atoms with Crippen LogP contribution in [0, 0.1) is 5.92 Å². The van der Waals surface area contributed by atoms with Gasteiger partial charge >= 0.3 is 6.18 Å². The van der Waals surface area contributed by atoms with E-state index >= 15 is 0 Å². The fraction of sp³-hybridized carbons (Fsp3) is 0.450. The first-order chi connectivity index (χ1) is 14.1. The van der Waals surface area contributed by atoms with Gasteiger partial charge in [-0.15, -0.1) is 0 Å². The summed E-state index contributed by atoms with van der Waals surface area (Å²) in [5, 5.41) is 13.2. The van der Waals surface area contributed by atoms with Crippen LogP contribution in [0.1, 0.15) is 25.1 Å². The molecule has 1 aromatic carbocycles. The average molecular weight is 424 g/mol. The summed E-state index contributed by atoms with van der Waals surface area (Å²) in [5.74, 6) is -2.00. The molecule has 1 fully saturated rings. The van der Waals surface area contributed by atoms with Crippen LogP contribution < -0.4 is 5.32 Å². The highest BCUT2D eigenvalue weighted by Crippen LogP contribution is 2.41. The van der Waals surface area contributed by atoms with Crippen molar-refractivity contribution in [1.29, 1.82) is 0 Å². The normalized spacial score (nSPS) is 17.4. The summed E-state index contributed by atoms with van der Waals surface area (Å²) >= 11 is 0. The predicted molar refractivity (Wildman–Crippen MR) is 102 cm³/mol. The third-order valence-corrected chi connectivity index (χ3v) is 5.33. The van der Waals surface area contributed by atoms with Gasteiger partial charge in [-0.05, 0) is 25.0 Å². The highest BCUT2D eigenvalue weighted by atomic mass is 19.4. The Morgan fingerprint density at radius 2 is 1.83 bits per heavy atom. The van der Waals surface area contributed by atoms with Crippen molar-refractivity contribution in [2.24, 2.45) is 13.0 Å². The molecular formula is C20H23F3N4O3. The van der Waals surface area contributed by atoms with Crippen LogP contribution in [0.15, 0.2) is 42.7 Å². The number of alkyl halides is 3. The first kappa shape index (κ1) is 21.8. The Bertz CT molecular complexity index is 892. The van der Waals surface area contributed by atoms with Gasteiger partial charge in [0.05, 0.1) is 6.42 Å². The molecule has 1 atom stereocenters. The number of imidazole rings is 1. The molecule has 162 valence electrons. The van der Waals surface area contributed by atoms with Gasteiger partial charge in [0.15, 0.2) is 5.82 Å². The van der Waals surface area contributed by atoms with Crippen LogP contribution in [0.5, 0.6) is 0 Å². The molecule has 1 aromatic heterocycles. The average Bonchev–Trinajstić information content (AvgIpc) is 3.14. The number of hydrogen-bond acceptors (Lipinski definition) is 4. The standard InChI is InChI=1S/C20H23F3N4O3/c1-26-12-9-24-18(26)19(30,20(21,22)23)13-16(28)27-10-7-14(8-11-27)17(29)25-15-5-3-2-4-6-15/h2-6,9,12,14,30H,7-8,10-11,13H2,1H3,(H,25,29). The lowest BCUT2D eigenvalue weighted by Gasteiger charge is -2.35. The molecular weight excluding hydrogens is 401 g/mol. The molecule has 2 heterocycles. The lowest BCUT2D eigenvalue weighted by molar-refractivity contribution is -0.272. The fourth-order valence-corrected chi connectivity index (χ4v) is 3.56. The summed E-state index contributed by atoms with van der Waals surface area (Å²) in [7, 11) is 1.32. The minimum atomic E-state index is -5.07. The summed E-state index contributed by atoms with van der Waals surface area (Å²) in [5.41, 5.74) is -2.73. The van der Waals surface area contributed by atoms with Gasteiger partial charge in [0, 0.05) is 44.1 Å². The number of anilines is 1. The molecule has 1 aliphatic heterocycles. The number of para-hydroxylation sites is 1. The third kappa shape index (κ3) is 4.48. The van der Waals surface area contributed by atoms with E-state index in [4.69, 9.17) is 0 Å². The van der Waals surface area contributed by atoms with Crippen molar-refractivity contribution in [2.75, 3.05) is 18.4 Å². The zero-order valence-electron chi connectivity index (χ0n) is 16.4. The maximum absolute atomic E-state index is 13.6. The molecule has 3 rings (SSSR count). The number of nitrogens with zero attached hydrogens (tertiary/aromatic N) is 3. The van der Waals surface area contributed by atoms with Crippen molar-refractivity contribution >= 4 is 17.5 Å². The lowest BCUT2D eigenvalue weighted by atomic mass is 9.93. The Hall–Kier alpha value is -2.88. The van der Waals surface area contributed by atoms with E-state index in [-0.39, 0.29) is 24.9 Å². The molecule has 1 unspecified atom stereocenters. The van der Waals surface area contributed by atoms with E-state index in [0.29, 0.717) is 18.5 Å². The summed E-state index contributed by atoms with van der Waals surface area (Å²) in [4.78, 5) is 29.8. The number of halogens is 3. The number of amides is 2. The van der Waals surface area contributed by atoms with E-state index in [1.807, 2.05) is 6.07 Å². The minimum absolute atomic E-state index is 0.139. The number of carbonyl (C=O) groups is 2. The van der Waals surface area contributed by atoms with Crippen LogP contribution in [0.3, 0.4) is 0 Å². The van der Waals surface area contributed by atoms with Gasteiger partial charge in [-0.2, -0.15) is 13.2 Å². The highest BCUT2D eigenvalue weighted by molar-refractivity contribution is 5.92. The second-order valence-corrected chi connectivity index (χ2v) is 7.41. The van der Waals surface area contributed by atoms with Crippen molar-refractivity contribution in [3.05, 3.63) is 48.5 Å². The Kier molecular flexibility index (Phi) is 6.16. The zero-order valence-corrected chi connectivity index (χ0v) is 16.4. The Balaban J connectivity index is 1.62. The van der Waals surface area contributed by atoms with Gasteiger partial charge in [-0.25, -0.2) is 4.98 Å². The summed E-state index contributed by atoms with van der Waals surface area (Å²) < 4.78 is 41.9. The Morgan fingerprint density at radius 1 is 1.20 bits per heavy atom. The van der Waals surface area contributed by atoms with E-state index in [1.54, 1.807) is 24.3 Å². The molecule has 2 aromatic rings. The predicted octanol–water partition coefficient (Wildman–Crippen LogP) is 2.44. The van der Waals surface area contributed by atoms with Crippen LogP contribution >= 0.6 is 0 Å². The summed E-state index contributed by atoms with van der Waals surface area (Å²) in [6, 6.07) is 8.92. The SMILES string of the molecule is Cn1ccnc1C(O)(CC(=O)N1CCC(C(=O)Nc2ccccc2)CC1)C(F)(F)F. The molecule has 30 heavy (non-hydrogen) atoms. The van der Waals surface area contributed by atoms with Crippen LogP contribution in [0.2, 0.25) is 0 Å². The van der Waals surface area contributed by atoms with E-state index in [1.165, 1.54) is 18.1 Å². The second kappa shape index (κ2) is 8.47. The smallest absolute Gasteiger partial charge is 0.374 e. The molecule has 0 aliphatic carbocycles. The number of rotatable bonds is 5. The van der Waals surface area contributed by atoms with Gasteiger partial charge in [0.1, 0.15) is 0 Å². The molecule has 1 aliphatic rings. The molecule has 0 radical (unpaired) electrons. The number of carbonyl (C=O) groups excluding carboxylic acids is 2. The Morgan fingerprint density at radius 3 is 2.37 bits per heavy atom.